The minimum Gasteiger partial charge on any atom is -0.369 e. The van der Waals surface area contributed by atoms with Crippen LogP contribution in [0.15, 0.2) is 42.5 Å². The van der Waals surface area contributed by atoms with E-state index in [0.717, 1.165) is 37.4 Å². The van der Waals surface area contributed by atoms with Crippen molar-refractivity contribution in [2.45, 2.75) is 13.8 Å². The minimum absolute atomic E-state index is 0.00899. The highest BCUT2D eigenvalue weighted by atomic mass is 35.5. The largest absolute Gasteiger partial charge is 0.369 e. The molecule has 0 spiro atoms. The molecule has 2 aromatic rings. The van der Waals surface area contributed by atoms with Gasteiger partial charge >= 0.3 is 0 Å². The maximum absolute atomic E-state index is 12.3. The predicted octanol–water partition coefficient (Wildman–Crippen LogP) is 3.72. The normalized spacial score (nSPS) is 15.2. The summed E-state index contributed by atoms with van der Waals surface area (Å²) in [5, 5.41) is 3.60. The molecule has 132 valence electrons. The molecule has 0 radical (unpaired) electrons. The number of nitrogens with zero attached hydrogens (tertiary/aromatic N) is 2. The van der Waals surface area contributed by atoms with Crippen molar-refractivity contribution in [3.05, 3.63) is 58.6 Å². The number of carbonyl (C=O) groups is 1. The first kappa shape index (κ1) is 17.8. The summed E-state index contributed by atoms with van der Waals surface area (Å²) >= 11 is 6.01. The Hall–Kier alpha value is -2.04. The summed E-state index contributed by atoms with van der Waals surface area (Å²) in [5.41, 5.74) is 4.39. The molecule has 0 aliphatic carbocycles. The van der Waals surface area contributed by atoms with E-state index in [1.54, 1.807) is 6.07 Å². The van der Waals surface area contributed by atoms with Crippen LogP contribution in [-0.4, -0.2) is 43.5 Å². The Morgan fingerprint density at radius 2 is 1.76 bits per heavy atom. The molecule has 1 amide bonds. The molecule has 3 rings (SSSR count). The van der Waals surface area contributed by atoms with E-state index in [0.29, 0.717) is 11.6 Å². The van der Waals surface area contributed by atoms with Crippen LogP contribution in [0.3, 0.4) is 0 Å². The number of benzene rings is 2. The number of anilines is 2. The third-order valence-corrected chi connectivity index (χ3v) is 4.90. The quantitative estimate of drug-likeness (QED) is 0.905. The SMILES string of the molecule is Cc1ccc(Cl)cc1NC(=O)CN1CCN(c2ccccc2C)CC1. The van der Waals surface area contributed by atoms with Crippen molar-refractivity contribution >= 4 is 28.9 Å². The molecule has 1 aliphatic heterocycles. The molecule has 5 heteroatoms. The van der Waals surface area contributed by atoms with Crippen molar-refractivity contribution in [3.63, 3.8) is 0 Å². The summed E-state index contributed by atoms with van der Waals surface area (Å²) in [6, 6.07) is 14.0. The predicted molar refractivity (Wildman–Crippen MR) is 105 cm³/mol. The second-order valence-electron chi connectivity index (χ2n) is 6.56. The second-order valence-corrected chi connectivity index (χ2v) is 6.99. The van der Waals surface area contributed by atoms with E-state index in [4.69, 9.17) is 11.6 Å². The van der Waals surface area contributed by atoms with Crippen LogP contribution in [0.4, 0.5) is 11.4 Å². The Morgan fingerprint density at radius 3 is 2.48 bits per heavy atom. The molecular weight excluding hydrogens is 334 g/mol. The van der Waals surface area contributed by atoms with Gasteiger partial charge in [-0.2, -0.15) is 0 Å². The van der Waals surface area contributed by atoms with Gasteiger partial charge in [0.15, 0.2) is 0 Å². The number of nitrogens with one attached hydrogen (secondary N) is 1. The smallest absolute Gasteiger partial charge is 0.238 e. The first-order chi connectivity index (χ1) is 12.0. The number of para-hydroxylation sites is 1. The van der Waals surface area contributed by atoms with Gasteiger partial charge in [-0.15, -0.1) is 0 Å². The monoisotopic (exact) mass is 357 g/mol. The van der Waals surface area contributed by atoms with E-state index in [1.165, 1.54) is 11.3 Å². The Morgan fingerprint density at radius 1 is 1.04 bits per heavy atom. The molecule has 2 aromatic carbocycles. The van der Waals surface area contributed by atoms with Gasteiger partial charge in [0.1, 0.15) is 0 Å². The zero-order valence-electron chi connectivity index (χ0n) is 14.8. The average Bonchev–Trinajstić information content (AvgIpc) is 2.59. The van der Waals surface area contributed by atoms with Crippen LogP contribution in [0, 0.1) is 13.8 Å². The lowest BCUT2D eigenvalue weighted by atomic mass is 10.1. The van der Waals surface area contributed by atoms with Gasteiger partial charge in [-0.25, -0.2) is 0 Å². The molecule has 0 aromatic heterocycles. The molecule has 1 aliphatic rings. The molecule has 0 bridgehead atoms. The highest BCUT2D eigenvalue weighted by molar-refractivity contribution is 6.31. The maximum atomic E-state index is 12.3. The van der Waals surface area contributed by atoms with Crippen LogP contribution >= 0.6 is 11.6 Å². The molecule has 0 atom stereocenters. The second kappa shape index (κ2) is 7.89. The fraction of sp³-hybridized carbons (Fsp3) is 0.350. The van der Waals surface area contributed by atoms with Crippen LogP contribution in [0.5, 0.6) is 0 Å². The lowest BCUT2D eigenvalue weighted by molar-refractivity contribution is -0.117. The number of aryl methyl sites for hydroxylation is 2. The van der Waals surface area contributed by atoms with Crippen LogP contribution in [-0.2, 0) is 4.79 Å². The number of halogens is 1. The van der Waals surface area contributed by atoms with E-state index in [1.807, 2.05) is 19.1 Å². The highest BCUT2D eigenvalue weighted by Crippen LogP contribution is 2.22. The van der Waals surface area contributed by atoms with Gasteiger partial charge in [-0.05, 0) is 43.2 Å². The highest BCUT2D eigenvalue weighted by Gasteiger charge is 2.20. The van der Waals surface area contributed by atoms with Crippen LogP contribution in [0.2, 0.25) is 5.02 Å². The topological polar surface area (TPSA) is 35.6 Å². The van der Waals surface area contributed by atoms with Crippen molar-refractivity contribution in [1.82, 2.24) is 4.90 Å². The third kappa shape index (κ3) is 4.53. The van der Waals surface area contributed by atoms with Crippen LogP contribution in [0.25, 0.3) is 0 Å². The zero-order chi connectivity index (χ0) is 17.8. The molecule has 1 saturated heterocycles. The summed E-state index contributed by atoms with van der Waals surface area (Å²) in [6.45, 7) is 8.16. The van der Waals surface area contributed by atoms with E-state index < -0.39 is 0 Å². The number of hydrogen-bond donors (Lipinski definition) is 1. The zero-order valence-corrected chi connectivity index (χ0v) is 15.5. The number of carbonyl (C=O) groups excluding carboxylic acids is 1. The van der Waals surface area contributed by atoms with Gasteiger partial charge in [0, 0.05) is 42.6 Å². The molecule has 0 unspecified atom stereocenters. The summed E-state index contributed by atoms with van der Waals surface area (Å²) < 4.78 is 0. The van der Waals surface area contributed by atoms with E-state index in [-0.39, 0.29) is 5.91 Å². The first-order valence-corrected chi connectivity index (χ1v) is 8.99. The number of piperazine rings is 1. The first-order valence-electron chi connectivity index (χ1n) is 8.62. The van der Waals surface area contributed by atoms with E-state index in [9.17, 15) is 4.79 Å². The molecule has 1 heterocycles. The van der Waals surface area contributed by atoms with Crippen molar-refractivity contribution in [2.75, 3.05) is 42.9 Å². The molecule has 4 nitrogen and oxygen atoms in total. The van der Waals surface area contributed by atoms with Gasteiger partial charge in [0.25, 0.3) is 0 Å². The summed E-state index contributed by atoms with van der Waals surface area (Å²) in [7, 11) is 0. The van der Waals surface area contributed by atoms with Crippen LogP contribution in [0.1, 0.15) is 11.1 Å². The third-order valence-electron chi connectivity index (χ3n) is 4.67. The summed E-state index contributed by atoms with van der Waals surface area (Å²) in [6.07, 6.45) is 0. The standard InChI is InChI=1S/C20H24ClN3O/c1-15-7-8-17(21)13-18(15)22-20(25)14-23-9-11-24(12-10-23)19-6-4-3-5-16(19)2/h3-8,13H,9-12,14H2,1-2H3,(H,22,25). The minimum atomic E-state index is 0.00899. The maximum Gasteiger partial charge on any atom is 0.238 e. The lowest BCUT2D eigenvalue weighted by Crippen LogP contribution is -2.48. The number of hydrogen-bond acceptors (Lipinski definition) is 3. The Balaban J connectivity index is 1.53. The van der Waals surface area contributed by atoms with Gasteiger partial charge in [0.2, 0.25) is 5.91 Å². The van der Waals surface area contributed by atoms with Gasteiger partial charge < -0.3 is 10.2 Å². The Labute approximate surface area is 154 Å². The van der Waals surface area contributed by atoms with E-state index >= 15 is 0 Å². The van der Waals surface area contributed by atoms with E-state index in [2.05, 4.69) is 46.3 Å². The molecule has 1 fully saturated rings. The molecule has 25 heavy (non-hydrogen) atoms. The van der Waals surface area contributed by atoms with Gasteiger partial charge in [-0.3, -0.25) is 9.69 Å². The number of rotatable bonds is 4. The Kier molecular flexibility index (Phi) is 5.61. The Bertz CT molecular complexity index is 754. The summed E-state index contributed by atoms with van der Waals surface area (Å²) in [5.74, 6) is 0.00899. The fourth-order valence-electron chi connectivity index (χ4n) is 3.19. The molecular formula is C20H24ClN3O. The van der Waals surface area contributed by atoms with Crippen molar-refractivity contribution in [1.29, 1.82) is 0 Å². The average molecular weight is 358 g/mol. The summed E-state index contributed by atoms with van der Waals surface area (Å²) in [4.78, 5) is 16.9. The van der Waals surface area contributed by atoms with Crippen LogP contribution < -0.4 is 10.2 Å². The lowest BCUT2D eigenvalue weighted by Gasteiger charge is -2.36. The van der Waals surface area contributed by atoms with Gasteiger partial charge in [-0.1, -0.05) is 35.9 Å². The number of amides is 1. The molecule has 1 N–H and O–H groups in total. The van der Waals surface area contributed by atoms with Crippen molar-refractivity contribution < 1.29 is 4.79 Å². The van der Waals surface area contributed by atoms with Crippen molar-refractivity contribution in [3.8, 4) is 0 Å². The molecule has 0 saturated carbocycles. The van der Waals surface area contributed by atoms with Gasteiger partial charge in [0.05, 0.1) is 6.54 Å². The van der Waals surface area contributed by atoms with Crippen molar-refractivity contribution in [2.24, 2.45) is 0 Å². The fourth-order valence-corrected chi connectivity index (χ4v) is 3.36.